The number of benzene rings is 1. The quantitative estimate of drug-likeness (QED) is 0.727. The molecule has 0 bridgehead atoms. The molecule has 0 spiro atoms. The molecule has 0 amide bonds. The zero-order valence-electron chi connectivity index (χ0n) is 11.9. The number of hydrogen-bond acceptors (Lipinski definition) is 5. The lowest BCUT2D eigenvalue weighted by molar-refractivity contribution is 0.0864. The second kappa shape index (κ2) is 6.92. The van der Waals surface area contributed by atoms with Gasteiger partial charge in [-0.1, -0.05) is 13.0 Å². The fourth-order valence-electron chi connectivity index (χ4n) is 2.12. The average Bonchev–Trinajstić information content (AvgIpc) is 2.74. The molecular weight excluding hydrogens is 258 g/mol. The van der Waals surface area contributed by atoms with Gasteiger partial charge in [-0.15, -0.1) is 0 Å². The second-order valence-electron chi connectivity index (χ2n) is 5.14. The Bertz CT molecular complexity index is 424. The maximum Gasteiger partial charge on any atom is 0.161 e. The maximum absolute atomic E-state index is 9.42. The van der Waals surface area contributed by atoms with E-state index < -0.39 is 5.54 Å². The monoisotopic (exact) mass is 281 g/mol. The summed E-state index contributed by atoms with van der Waals surface area (Å²) in [5, 5.41) is 22.1. The minimum atomic E-state index is -0.635. The maximum atomic E-state index is 9.42. The van der Waals surface area contributed by atoms with Gasteiger partial charge in [0.2, 0.25) is 0 Å². The third-order valence-electron chi connectivity index (χ3n) is 3.76. The molecule has 1 aromatic rings. The molecule has 20 heavy (non-hydrogen) atoms. The van der Waals surface area contributed by atoms with E-state index in [0.29, 0.717) is 26.2 Å². The zero-order valence-corrected chi connectivity index (χ0v) is 11.9. The third kappa shape index (κ3) is 3.42. The molecule has 5 nitrogen and oxygen atoms in total. The largest absolute Gasteiger partial charge is 0.490 e. The Morgan fingerprint density at radius 2 is 1.85 bits per heavy atom. The van der Waals surface area contributed by atoms with Gasteiger partial charge in [0.25, 0.3) is 0 Å². The van der Waals surface area contributed by atoms with Gasteiger partial charge in [-0.2, -0.15) is 0 Å². The Morgan fingerprint density at radius 3 is 2.50 bits per heavy atom. The number of hydrogen-bond donors (Lipinski definition) is 3. The predicted molar refractivity (Wildman–Crippen MR) is 76.1 cm³/mol. The Kier molecular flexibility index (Phi) is 5.23. The van der Waals surface area contributed by atoms with Crippen LogP contribution >= 0.6 is 0 Å². The van der Waals surface area contributed by atoms with E-state index in [4.69, 9.17) is 9.47 Å². The van der Waals surface area contributed by atoms with Gasteiger partial charge >= 0.3 is 0 Å². The van der Waals surface area contributed by atoms with Crippen LogP contribution in [0.2, 0.25) is 0 Å². The summed E-state index contributed by atoms with van der Waals surface area (Å²) in [5.74, 6) is 1.54. The standard InChI is InChI=1S/C15H23NO4/c1-2-15(10-17,11-18)16-9-12-4-5-13-14(8-12)20-7-3-6-19-13/h4-5,8,16-18H,2-3,6-7,9-11H2,1H3. The van der Waals surface area contributed by atoms with Crippen LogP contribution in [0.25, 0.3) is 0 Å². The number of aliphatic hydroxyl groups is 2. The topological polar surface area (TPSA) is 71.0 Å². The first-order chi connectivity index (χ1) is 9.73. The molecule has 1 aromatic carbocycles. The van der Waals surface area contributed by atoms with Gasteiger partial charge in [0.05, 0.1) is 32.0 Å². The average molecular weight is 281 g/mol. The van der Waals surface area contributed by atoms with E-state index in [0.717, 1.165) is 23.5 Å². The van der Waals surface area contributed by atoms with Crippen molar-refractivity contribution in [3.8, 4) is 11.5 Å². The number of ether oxygens (including phenoxy) is 2. The molecule has 5 heteroatoms. The zero-order chi connectivity index (χ0) is 14.4. The molecule has 0 aromatic heterocycles. The molecule has 1 aliphatic rings. The highest BCUT2D eigenvalue weighted by Gasteiger charge is 2.25. The van der Waals surface area contributed by atoms with Crippen molar-refractivity contribution in [2.45, 2.75) is 31.8 Å². The van der Waals surface area contributed by atoms with E-state index in [1.807, 2.05) is 25.1 Å². The third-order valence-corrected chi connectivity index (χ3v) is 3.76. The van der Waals surface area contributed by atoms with Crippen LogP contribution in [0.4, 0.5) is 0 Å². The molecule has 0 aliphatic carbocycles. The van der Waals surface area contributed by atoms with E-state index in [-0.39, 0.29) is 13.2 Å². The molecule has 0 fully saturated rings. The van der Waals surface area contributed by atoms with Crippen LogP contribution in [0.15, 0.2) is 18.2 Å². The van der Waals surface area contributed by atoms with Crippen molar-refractivity contribution in [2.24, 2.45) is 0 Å². The molecule has 0 saturated heterocycles. The van der Waals surface area contributed by atoms with Crippen molar-refractivity contribution >= 4 is 0 Å². The summed E-state index contributed by atoms with van der Waals surface area (Å²) >= 11 is 0. The van der Waals surface area contributed by atoms with Crippen LogP contribution in [-0.2, 0) is 6.54 Å². The van der Waals surface area contributed by atoms with Crippen molar-refractivity contribution < 1.29 is 19.7 Å². The normalized spacial score (nSPS) is 14.9. The van der Waals surface area contributed by atoms with Crippen LogP contribution in [0.1, 0.15) is 25.3 Å². The Balaban J connectivity index is 2.05. The van der Waals surface area contributed by atoms with E-state index in [1.165, 1.54) is 0 Å². The van der Waals surface area contributed by atoms with Gasteiger partial charge in [-0.3, -0.25) is 0 Å². The summed E-state index contributed by atoms with van der Waals surface area (Å²) in [7, 11) is 0. The van der Waals surface area contributed by atoms with E-state index in [9.17, 15) is 10.2 Å². The molecule has 1 aliphatic heterocycles. The Morgan fingerprint density at radius 1 is 1.15 bits per heavy atom. The lowest BCUT2D eigenvalue weighted by atomic mass is 9.98. The van der Waals surface area contributed by atoms with Crippen molar-refractivity contribution in [2.75, 3.05) is 26.4 Å². The summed E-state index contributed by atoms with van der Waals surface area (Å²) in [6.45, 7) is 3.66. The first kappa shape index (κ1) is 15.1. The molecule has 112 valence electrons. The van der Waals surface area contributed by atoms with Crippen LogP contribution in [0.3, 0.4) is 0 Å². The van der Waals surface area contributed by atoms with Crippen molar-refractivity contribution in [1.29, 1.82) is 0 Å². The van der Waals surface area contributed by atoms with E-state index in [1.54, 1.807) is 0 Å². The molecular formula is C15H23NO4. The molecule has 1 heterocycles. The molecule has 0 unspecified atom stereocenters. The molecule has 2 rings (SSSR count). The van der Waals surface area contributed by atoms with Crippen LogP contribution < -0.4 is 14.8 Å². The predicted octanol–water partition coefficient (Wildman–Crippen LogP) is 1.07. The van der Waals surface area contributed by atoms with E-state index >= 15 is 0 Å². The fraction of sp³-hybridized carbons (Fsp3) is 0.600. The SMILES string of the molecule is CCC(CO)(CO)NCc1ccc2c(c1)OCCCO2. The lowest BCUT2D eigenvalue weighted by Gasteiger charge is -2.30. The summed E-state index contributed by atoms with van der Waals surface area (Å²) < 4.78 is 11.2. The van der Waals surface area contributed by atoms with Gasteiger partial charge in [-0.05, 0) is 24.1 Å². The summed E-state index contributed by atoms with van der Waals surface area (Å²) in [5.41, 5.74) is 0.401. The summed E-state index contributed by atoms with van der Waals surface area (Å²) in [4.78, 5) is 0. The molecule has 3 N–H and O–H groups in total. The fourth-order valence-corrected chi connectivity index (χ4v) is 2.12. The number of nitrogens with one attached hydrogen (secondary N) is 1. The van der Waals surface area contributed by atoms with E-state index in [2.05, 4.69) is 5.32 Å². The minimum absolute atomic E-state index is 0.0927. The number of rotatable bonds is 6. The molecule has 0 radical (unpaired) electrons. The van der Waals surface area contributed by atoms with Gasteiger partial charge < -0.3 is 25.0 Å². The van der Waals surface area contributed by atoms with Gasteiger partial charge in [-0.25, -0.2) is 0 Å². The van der Waals surface area contributed by atoms with Gasteiger partial charge in [0.15, 0.2) is 11.5 Å². The van der Waals surface area contributed by atoms with Crippen LogP contribution in [-0.4, -0.2) is 42.2 Å². The van der Waals surface area contributed by atoms with Crippen molar-refractivity contribution in [3.63, 3.8) is 0 Å². The first-order valence-electron chi connectivity index (χ1n) is 7.08. The highest BCUT2D eigenvalue weighted by molar-refractivity contribution is 5.43. The number of fused-ring (bicyclic) bond motifs is 1. The molecule has 0 atom stereocenters. The van der Waals surface area contributed by atoms with Crippen LogP contribution in [0.5, 0.6) is 11.5 Å². The Labute approximate surface area is 119 Å². The second-order valence-corrected chi connectivity index (χ2v) is 5.14. The Hall–Kier alpha value is -1.30. The number of aliphatic hydroxyl groups excluding tert-OH is 2. The van der Waals surface area contributed by atoms with Gasteiger partial charge in [0, 0.05) is 13.0 Å². The summed E-state index contributed by atoms with van der Waals surface area (Å²) in [6, 6.07) is 5.82. The smallest absolute Gasteiger partial charge is 0.161 e. The molecule has 0 saturated carbocycles. The minimum Gasteiger partial charge on any atom is -0.490 e. The van der Waals surface area contributed by atoms with Crippen LogP contribution in [0, 0.1) is 0 Å². The lowest BCUT2D eigenvalue weighted by Crippen LogP contribution is -2.50. The highest BCUT2D eigenvalue weighted by atomic mass is 16.5. The highest BCUT2D eigenvalue weighted by Crippen LogP contribution is 2.30. The first-order valence-corrected chi connectivity index (χ1v) is 7.08. The van der Waals surface area contributed by atoms with Crippen molar-refractivity contribution in [1.82, 2.24) is 5.32 Å². The summed E-state index contributed by atoms with van der Waals surface area (Å²) in [6.07, 6.45) is 1.54. The van der Waals surface area contributed by atoms with Gasteiger partial charge in [0.1, 0.15) is 0 Å². The van der Waals surface area contributed by atoms with Crippen molar-refractivity contribution in [3.05, 3.63) is 23.8 Å².